The van der Waals surface area contributed by atoms with E-state index >= 15 is 0 Å². The molecule has 0 unspecified atom stereocenters. The maximum atomic E-state index is 13.3. The lowest BCUT2D eigenvalue weighted by Crippen LogP contribution is -2.35. The number of amides is 1. The van der Waals surface area contributed by atoms with Gasteiger partial charge in [-0.1, -0.05) is 35.6 Å². The Hall–Kier alpha value is -3.31. The summed E-state index contributed by atoms with van der Waals surface area (Å²) in [6.07, 6.45) is 0.676. The predicted molar refractivity (Wildman–Crippen MR) is 147 cm³/mol. The van der Waals surface area contributed by atoms with E-state index in [4.69, 9.17) is 9.47 Å². The highest BCUT2D eigenvalue weighted by molar-refractivity contribution is 7.89. The van der Waals surface area contributed by atoms with Crippen molar-refractivity contribution >= 4 is 37.5 Å². The zero-order valence-electron chi connectivity index (χ0n) is 21.3. The van der Waals surface area contributed by atoms with Gasteiger partial charge in [0, 0.05) is 32.3 Å². The zero-order chi connectivity index (χ0) is 26.7. The standard InChI is InChI=1S/C28H29N3O5S2/c1-3-36-23-10-13-25-26(18-23)37-28(31(25)16-17-35-2)29-27(32)21-8-11-24(12-9-21)38(33,34)30-15-14-20-6-4-5-7-22(20)19-30/h4-13,18H,3,14-17,19H2,1-2H3. The second kappa shape index (κ2) is 11.2. The first kappa shape index (κ1) is 26.3. The van der Waals surface area contributed by atoms with E-state index in [1.54, 1.807) is 7.11 Å². The number of hydrogen-bond donors (Lipinski definition) is 0. The van der Waals surface area contributed by atoms with Crippen LogP contribution in [0.1, 0.15) is 28.4 Å². The van der Waals surface area contributed by atoms with Gasteiger partial charge in [-0.3, -0.25) is 4.79 Å². The molecule has 0 fully saturated rings. The van der Waals surface area contributed by atoms with E-state index in [0.717, 1.165) is 21.5 Å². The normalized spacial score (nSPS) is 14.5. The third-order valence-corrected chi connectivity index (χ3v) is 9.42. The van der Waals surface area contributed by atoms with Crippen LogP contribution in [0.2, 0.25) is 0 Å². The average Bonchev–Trinajstić information content (AvgIpc) is 3.27. The van der Waals surface area contributed by atoms with Gasteiger partial charge in [-0.25, -0.2) is 8.42 Å². The number of rotatable bonds is 8. The third kappa shape index (κ3) is 5.30. The van der Waals surface area contributed by atoms with Crippen molar-refractivity contribution in [1.29, 1.82) is 0 Å². The zero-order valence-corrected chi connectivity index (χ0v) is 22.9. The number of carbonyl (C=O) groups is 1. The number of nitrogens with zero attached hydrogens (tertiary/aromatic N) is 3. The molecule has 0 bridgehead atoms. The molecule has 0 saturated carbocycles. The van der Waals surface area contributed by atoms with Crippen LogP contribution < -0.4 is 9.54 Å². The predicted octanol–water partition coefficient (Wildman–Crippen LogP) is 4.24. The van der Waals surface area contributed by atoms with Crippen LogP contribution in [0.25, 0.3) is 10.2 Å². The summed E-state index contributed by atoms with van der Waals surface area (Å²) in [7, 11) is -2.06. The minimum atomic E-state index is -3.69. The van der Waals surface area contributed by atoms with Gasteiger partial charge in [0.05, 0.1) is 28.3 Å². The Morgan fingerprint density at radius 1 is 1.05 bits per heavy atom. The molecule has 0 saturated heterocycles. The molecular formula is C28H29N3O5S2. The van der Waals surface area contributed by atoms with Gasteiger partial charge < -0.3 is 14.0 Å². The van der Waals surface area contributed by atoms with E-state index in [2.05, 4.69) is 4.99 Å². The van der Waals surface area contributed by atoms with Gasteiger partial charge in [0.1, 0.15) is 5.75 Å². The molecule has 1 aromatic heterocycles. The molecular weight excluding hydrogens is 522 g/mol. The van der Waals surface area contributed by atoms with Gasteiger partial charge in [0.25, 0.3) is 5.91 Å². The molecule has 1 aliphatic heterocycles. The first-order valence-corrected chi connectivity index (χ1v) is 14.7. The summed E-state index contributed by atoms with van der Waals surface area (Å²) in [5.41, 5.74) is 3.45. The number of ether oxygens (including phenoxy) is 2. The second-order valence-electron chi connectivity index (χ2n) is 8.89. The van der Waals surface area contributed by atoms with Gasteiger partial charge in [0.15, 0.2) is 4.80 Å². The average molecular weight is 552 g/mol. The third-order valence-electron chi connectivity index (χ3n) is 6.52. The molecule has 38 heavy (non-hydrogen) atoms. The van der Waals surface area contributed by atoms with E-state index in [-0.39, 0.29) is 4.90 Å². The van der Waals surface area contributed by atoms with Crippen LogP contribution in [0.3, 0.4) is 0 Å². The van der Waals surface area contributed by atoms with Gasteiger partial charge in [-0.05, 0) is 66.9 Å². The number of thiazole rings is 1. The van der Waals surface area contributed by atoms with E-state index < -0.39 is 15.9 Å². The molecule has 0 aliphatic carbocycles. The highest BCUT2D eigenvalue weighted by Crippen LogP contribution is 2.26. The molecule has 2 heterocycles. The molecule has 8 nitrogen and oxygen atoms in total. The summed E-state index contributed by atoms with van der Waals surface area (Å²) in [5, 5.41) is 0. The Balaban J connectivity index is 1.41. The van der Waals surface area contributed by atoms with Crippen molar-refractivity contribution in [1.82, 2.24) is 8.87 Å². The van der Waals surface area contributed by atoms with Crippen LogP contribution in [0.15, 0.2) is 76.6 Å². The van der Waals surface area contributed by atoms with Crippen molar-refractivity contribution in [3.05, 3.63) is 88.2 Å². The van der Waals surface area contributed by atoms with E-state index in [9.17, 15) is 13.2 Å². The quantitative estimate of drug-likeness (QED) is 0.327. The molecule has 0 spiro atoms. The second-order valence-corrected chi connectivity index (χ2v) is 11.8. The van der Waals surface area contributed by atoms with Crippen molar-refractivity contribution in [3.8, 4) is 5.75 Å². The van der Waals surface area contributed by atoms with Crippen LogP contribution in [0, 0.1) is 0 Å². The maximum Gasteiger partial charge on any atom is 0.279 e. The van der Waals surface area contributed by atoms with Crippen LogP contribution in [-0.2, 0) is 34.3 Å². The topological polar surface area (TPSA) is 90.2 Å². The van der Waals surface area contributed by atoms with E-state index in [0.29, 0.717) is 49.6 Å². The molecule has 0 radical (unpaired) electrons. The van der Waals surface area contributed by atoms with Gasteiger partial charge in [0.2, 0.25) is 10.0 Å². The van der Waals surface area contributed by atoms with Crippen LogP contribution in [0.5, 0.6) is 5.75 Å². The smallest absolute Gasteiger partial charge is 0.279 e. The van der Waals surface area contributed by atoms with Crippen LogP contribution >= 0.6 is 11.3 Å². The Kier molecular flexibility index (Phi) is 7.75. The SMILES string of the molecule is CCOc1ccc2c(c1)sc(=NC(=O)c1ccc(S(=O)(=O)N3CCc4ccccc4C3)cc1)n2CCOC. The first-order valence-electron chi connectivity index (χ1n) is 12.4. The highest BCUT2D eigenvalue weighted by Gasteiger charge is 2.28. The van der Waals surface area contributed by atoms with Gasteiger partial charge >= 0.3 is 0 Å². The minimum absolute atomic E-state index is 0.161. The Bertz CT molecular complexity index is 1640. The Labute approximate surface area is 225 Å². The van der Waals surface area contributed by atoms with Crippen molar-refractivity contribution in [2.45, 2.75) is 31.3 Å². The number of fused-ring (bicyclic) bond motifs is 2. The number of methoxy groups -OCH3 is 1. The van der Waals surface area contributed by atoms with Crippen molar-refractivity contribution in [3.63, 3.8) is 0 Å². The van der Waals surface area contributed by atoms with Crippen LogP contribution in [-0.4, -0.2) is 50.1 Å². The van der Waals surface area contributed by atoms with Crippen molar-refractivity contribution < 1.29 is 22.7 Å². The molecule has 4 aromatic rings. The van der Waals surface area contributed by atoms with E-state index in [1.165, 1.54) is 45.5 Å². The molecule has 198 valence electrons. The number of hydrogen-bond acceptors (Lipinski definition) is 6. The molecule has 3 aromatic carbocycles. The first-order chi connectivity index (χ1) is 18.4. The molecule has 10 heteroatoms. The minimum Gasteiger partial charge on any atom is -0.494 e. The summed E-state index contributed by atoms with van der Waals surface area (Å²) in [5.74, 6) is 0.315. The Morgan fingerprint density at radius 3 is 2.55 bits per heavy atom. The molecule has 5 rings (SSSR count). The summed E-state index contributed by atoms with van der Waals surface area (Å²) < 4.78 is 41.8. The largest absolute Gasteiger partial charge is 0.494 e. The lowest BCUT2D eigenvalue weighted by atomic mass is 10.0. The molecule has 0 atom stereocenters. The lowest BCUT2D eigenvalue weighted by molar-refractivity contribution is 0.0997. The fourth-order valence-electron chi connectivity index (χ4n) is 4.54. The fraction of sp³-hybridized carbons (Fsp3) is 0.286. The lowest BCUT2D eigenvalue weighted by Gasteiger charge is -2.28. The molecule has 0 N–H and O–H groups in total. The molecule has 1 amide bonds. The number of benzene rings is 3. The fourth-order valence-corrected chi connectivity index (χ4v) is 7.04. The van der Waals surface area contributed by atoms with Crippen LogP contribution in [0.4, 0.5) is 0 Å². The maximum absolute atomic E-state index is 13.3. The van der Waals surface area contributed by atoms with Crippen molar-refractivity contribution in [2.75, 3.05) is 26.9 Å². The van der Waals surface area contributed by atoms with Crippen molar-refractivity contribution in [2.24, 2.45) is 4.99 Å². The van der Waals surface area contributed by atoms with E-state index in [1.807, 2.05) is 54.0 Å². The van der Waals surface area contributed by atoms with Gasteiger partial charge in [-0.15, -0.1) is 0 Å². The summed E-state index contributed by atoms with van der Waals surface area (Å²) >= 11 is 1.40. The monoisotopic (exact) mass is 551 g/mol. The number of sulfonamides is 1. The van der Waals surface area contributed by atoms with Gasteiger partial charge in [-0.2, -0.15) is 9.30 Å². The number of aromatic nitrogens is 1. The number of carbonyl (C=O) groups excluding carboxylic acids is 1. The summed E-state index contributed by atoms with van der Waals surface area (Å²) in [6, 6.07) is 19.7. The molecule has 1 aliphatic rings. The highest BCUT2D eigenvalue weighted by atomic mass is 32.2. The Morgan fingerprint density at radius 2 is 1.82 bits per heavy atom. The summed E-state index contributed by atoms with van der Waals surface area (Å²) in [6.45, 7) is 4.26. The summed E-state index contributed by atoms with van der Waals surface area (Å²) in [4.78, 5) is 18.2.